The van der Waals surface area contributed by atoms with E-state index >= 15 is 0 Å². The molecule has 7 heteroatoms. The maximum atomic E-state index is 5.24. The van der Waals surface area contributed by atoms with E-state index in [1.54, 1.807) is 7.11 Å². The van der Waals surface area contributed by atoms with Crippen LogP contribution in [0.25, 0.3) is 11.1 Å². The van der Waals surface area contributed by atoms with Gasteiger partial charge < -0.3 is 19.1 Å². The molecule has 0 spiro atoms. The van der Waals surface area contributed by atoms with E-state index in [4.69, 9.17) is 9.26 Å². The molecule has 0 aliphatic carbocycles. The summed E-state index contributed by atoms with van der Waals surface area (Å²) in [6, 6.07) is 8.19. The summed E-state index contributed by atoms with van der Waals surface area (Å²) in [5.74, 6) is 1.79. The van der Waals surface area contributed by atoms with Crippen molar-refractivity contribution >= 4 is 22.6 Å². The molecule has 1 fully saturated rings. The molecule has 0 unspecified atom stereocenters. The highest BCUT2D eigenvalue weighted by Crippen LogP contribution is 2.27. The molecule has 0 saturated carbocycles. The largest absolute Gasteiger partial charge is 0.497 e. The summed E-state index contributed by atoms with van der Waals surface area (Å²) in [6.45, 7) is 5.57. The normalized spacial score (nSPS) is 15.1. The Hall–Kier alpha value is -2.83. The van der Waals surface area contributed by atoms with Gasteiger partial charge in [-0.25, -0.2) is 4.98 Å². The van der Waals surface area contributed by atoms with Crippen molar-refractivity contribution in [2.45, 2.75) is 6.92 Å². The predicted molar refractivity (Wildman–Crippen MR) is 91.8 cm³/mol. The molecular formula is C17H19N5O2. The van der Waals surface area contributed by atoms with Gasteiger partial charge in [0.1, 0.15) is 23.3 Å². The van der Waals surface area contributed by atoms with Crippen molar-refractivity contribution in [1.29, 1.82) is 0 Å². The van der Waals surface area contributed by atoms with Crippen LogP contribution in [-0.2, 0) is 0 Å². The molecule has 4 rings (SSSR count). The predicted octanol–water partition coefficient (Wildman–Crippen LogP) is 2.26. The number of rotatable bonds is 3. The van der Waals surface area contributed by atoms with Crippen molar-refractivity contribution < 1.29 is 9.26 Å². The number of hydrogen-bond acceptors (Lipinski definition) is 7. The van der Waals surface area contributed by atoms with Crippen LogP contribution >= 0.6 is 0 Å². The van der Waals surface area contributed by atoms with Gasteiger partial charge in [-0.05, 0) is 31.2 Å². The van der Waals surface area contributed by atoms with Crippen molar-refractivity contribution in [3.05, 3.63) is 36.3 Å². The lowest BCUT2D eigenvalue weighted by Gasteiger charge is -2.36. The van der Waals surface area contributed by atoms with E-state index in [0.717, 1.165) is 48.8 Å². The van der Waals surface area contributed by atoms with Gasteiger partial charge in [-0.3, -0.25) is 0 Å². The molecule has 24 heavy (non-hydrogen) atoms. The topological polar surface area (TPSA) is 67.5 Å². The zero-order valence-electron chi connectivity index (χ0n) is 13.8. The molecule has 1 aromatic carbocycles. The van der Waals surface area contributed by atoms with Crippen LogP contribution in [0.2, 0.25) is 0 Å². The number of anilines is 2. The van der Waals surface area contributed by atoms with Crippen LogP contribution in [0.3, 0.4) is 0 Å². The van der Waals surface area contributed by atoms with Gasteiger partial charge in [0, 0.05) is 31.9 Å². The number of aromatic nitrogens is 3. The molecule has 3 heterocycles. The number of benzene rings is 1. The van der Waals surface area contributed by atoms with E-state index in [2.05, 4.69) is 37.1 Å². The summed E-state index contributed by atoms with van der Waals surface area (Å²) in [4.78, 5) is 13.3. The van der Waals surface area contributed by atoms with E-state index in [1.807, 2.05) is 19.1 Å². The first-order valence-corrected chi connectivity index (χ1v) is 7.97. The van der Waals surface area contributed by atoms with Gasteiger partial charge >= 0.3 is 0 Å². The van der Waals surface area contributed by atoms with Crippen LogP contribution in [0.4, 0.5) is 11.5 Å². The Bertz CT molecular complexity index is 838. The Kier molecular flexibility index (Phi) is 3.68. The Morgan fingerprint density at radius 2 is 1.71 bits per heavy atom. The average molecular weight is 325 g/mol. The quantitative estimate of drug-likeness (QED) is 0.731. The maximum Gasteiger partial charge on any atom is 0.263 e. The number of ether oxygens (including phenoxy) is 1. The Labute approximate surface area is 139 Å². The smallest absolute Gasteiger partial charge is 0.263 e. The first-order chi connectivity index (χ1) is 11.8. The van der Waals surface area contributed by atoms with Crippen molar-refractivity contribution in [1.82, 2.24) is 15.1 Å². The molecule has 1 aliphatic rings. The monoisotopic (exact) mass is 325 g/mol. The molecule has 124 valence electrons. The van der Waals surface area contributed by atoms with E-state index < -0.39 is 0 Å². The van der Waals surface area contributed by atoms with Gasteiger partial charge in [0.05, 0.1) is 12.8 Å². The van der Waals surface area contributed by atoms with E-state index in [0.29, 0.717) is 5.71 Å². The summed E-state index contributed by atoms with van der Waals surface area (Å²) in [7, 11) is 1.68. The second kappa shape index (κ2) is 5.99. The lowest BCUT2D eigenvalue weighted by molar-refractivity contribution is 0.415. The summed E-state index contributed by atoms with van der Waals surface area (Å²) in [6.07, 6.45) is 1.54. The molecule has 7 nitrogen and oxygen atoms in total. The summed E-state index contributed by atoms with van der Waals surface area (Å²) in [5.41, 5.74) is 2.60. The number of fused-ring (bicyclic) bond motifs is 1. The number of piperazine rings is 1. The standard InChI is InChI=1S/C17H19N5O2/c1-12-15-16(18-11-19-17(15)24-20-12)22-9-7-21(8-10-22)13-3-5-14(23-2)6-4-13/h3-6,11H,7-10H2,1-2H3. The van der Waals surface area contributed by atoms with Crippen molar-refractivity contribution in [2.75, 3.05) is 43.1 Å². The second-order valence-corrected chi connectivity index (χ2v) is 5.82. The molecule has 0 atom stereocenters. The highest BCUT2D eigenvalue weighted by atomic mass is 16.5. The second-order valence-electron chi connectivity index (χ2n) is 5.82. The van der Waals surface area contributed by atoms with E-state index in [-0.39, 0.29) is 0 Å². The minimum absolute atomic E-state index is 0.551. The van der Waals surface area contributed by atoms with E-state index in [1.165, 1.54) is 12.0 Å². The minimum Gasteiger partial charge on any atom is -0.497 e. The van der Waals surface area contributed by atoms with Crippen LogP contribution in [-0.4, -0.2) is 48.4 Å². The van der Waals surface area contributed by atoms with Crippen molar-refractivity contribution in [2.24, 2.45) is 0 Å². The summed E-state index contributed by atoms with van der Waals surface area (Å²) < 4.78 is 10.5. The lowest BCUT2D eigenvalue weighted by atomic mass is 10.2. The van der Waals surface area contributed by atoms with Crippen LogP contribution < -0.4 is 14.5 Å². The zero-order chi connectivity index (χ0) is 16.5. The summed E-state index contributed by atoms with van der Waals surface area (Å²) >= 11 is 0. The first-order valence-electron chi connectivity index (χ1n) is 7.97. The fraction of sp³-hybridized carbons (Fsp3) is 0.353. The van der Waals surface area contributed by atoms with Crippen molar-refractivity contribution in [3.8, 4) is 5.75 Å². The Balaban J connectivity index is 1.52. The molecule has 0 amide bonds. The molecule has 0 bridgehead atoms. The molecular weight excluding hydrogens is 306 g/mol. The minimum atomic E-state index is 0.551. The third kappa shape index (κ3) is 2.51. The number of methoxy groups -OCH3 is 1. The molecule has 1 aliphatic heterocycles. The Morgan fingerprint density at radius 1 is 1.00 bits per heavy atom. The SMILES string of the molecule is COc1ccc(N2CCN(c3ncnc4onc(C)c34)CC2)cc1. The number of hydrogen-bond donors (Lipinski definition) is 0. The van der Waals surface area contributed by atoms with Crippen molar-refractivity contribution in [3.63, 3.8) is 0 Å². The average Bonchev–Trinajstić information content (AvgIpc) is 3.03. The molecule has 3 aromatic rings. The zero-order valence-corrected chi connectivity index (χ0v) is 13.8. The highest BCUT2D eigenvalue weighted by Gasteiger charge is 2.22. The number of nitrogens with zero attached hydrogens (tertiary/aromatic N) is 5. The van der Waals surface area contributed by atoms with Gasteiger partial charge in [0.25, 0.3) is 5.71 Å². The third-order valence-corrected chi connectivity index (χ3v) is 4.44. The van der Waals surface area contributed by atoms with Gasteiger partial charge in [-0.1, -0.05) is 5.16 Å². The highest BCUT2D eigenvalue weighted by molar-refractivity contribution is 5.87. The molecule has 1 saturated heterocycles. The van der Waals surface area contributed by atoms with Crippen LogP contribution in [0.15, 0.2) is 35.1 Å². The summed E-state index contributed by atoms with van der Waals surface area (Å²) in [5, 5.41) is 4.92. The lowest BCUT2D eigenvalue weighted by Crippen LogP contribution is -2.46. The Morgan fingerprint density at radius 3 is 2.42 bits per heavy atom. The maximum absolute atomic E-state index is 5.24. The van der Waals surface area contributed by atoms with Gasteiger partial charge in [-0.15, -0.1) is 0 Å². The van der Waals surface area contributed by atoms with Crippen LogP contribution in [0.5, 0.6) is 5.75 Å². The van der Waals surface area contributed by atoms with Gasteiger partial charge in [0.15, 0.2) is 0 Å². The van der Waals surface area contributed by atoms with E-state index in [9.17, 15) is 0 Å². The third-order valence-electron chi connectivity index (χ3n) is 4.44. The van der Waals surface area contributed by atoms with Gasteiger partial charge in [-0.2, -0.15) is 4.98 Å². The fourth-order valence-corrected chi connectivity index (χ4v) is 3.11. The fourth-order valence-electron chi connectivity index (χ4n) is 3.11. The van der Waals surface area contributed by atoms with Crippen LogP contribution in [0, 0.1) is 6.92 Å². The molecule has 2 aromatic heterocycles. The van der Waals surface area contributed by atoms with Gasteiger partial charge in [0.2, 0.25) is 0 Å². The molecule has 0 radical (unpaired) electrons. The van der Waals surface area contributed by atoms with Crippen LogP contribution in [0.1, 0.15) is 5.69 Å². The molecule has 0 N–H and O–H groups in total. The first kappa shape index (κ1) is 14.7. The number of aryl methyl sites for hydroxylation is 1.